The molecule has 0 saturated heterocycles. The number of aryl methyl sites for hydroxylation is 2. The molecule has 21 heavy (non-hydrogen) atoms. The predicted molar refractivity (Wildman–Crippen MR) is 87.5 cm³/mol. The molecule has 0 radical (unpaired) electrons. The van der Waals surface area contributed by atoms with Crippen molar-refractivity contribution in [2.75, 3.05) is 25.6 Å². The van der Waals surface area contributed by atoms with Crippen molar-refractivity contribution >= 4 is 5.69 Å². The quantitative estimate of drug-likeness (QED) is 0.778. The highest BCUT2D eigenvalue weighted by Gasteiger charge is 2.04. The van der Waals surface area contributed by atoms with E-state index in [1.807, 2.05) is 18.2 Å². The number of methoxy groups -OCH3 is 1. The molecule has 0 fully saturated rings. The van der Waals surface area contributed by atoms with Gasteiger partial charge in [-0.05, 0) is 48.7 Å². The van der Waals surface area contributed by atoms with Gasteiger partial charge in [0.1, 0.15) is 6.61 Å². The summed E-state index contributed by atoms with van der Waals surface area (Å²) in [6.45, 7) is 5.56. The maximum atomic E-state index is 5.79. The van der Waals surface area contributed by atoms with Crippen LogP contribution in [0, 0.1) is 6.92 Å². The molecule has 2 aromatic carbocycles. The first-order valence-corrected chi connectivity index (χ1v) is 7.33. The first-order valence-electron chi connectivity index (χ1n) is 7.33. The highest BCUT2D eigenvalue weighted by molar-refractivity contribution is 5.45. The van der Waals surface area contributed by atoms with Crippen LogP contribution in [0.15, 0.2) is 42.5 Å². The second kappa shape index (κ2) is 7.58. The van der Waals surface area contributed by atoms with E-state index in [0.717, 1.165) is 30.2 Å². The van der Waals surface area contributed by atoms with E-state index in [4.69, 9.17) is 9.47 Å². The Morgan fingerprint density at radius 3 is 2.62 bits per heavy atom. The van der Waals surface area contributed by atoms with E-state index < -0.39 is 0 Å². The molecule has 2 rings (SSSR count). The third-order valence-electron chi connectivity index (χ3n) is 3.34. The molecular formula is C18H23NO2. The number of hydrogen-bond donors (Lipinski definition) is 1. The highest BCUT2D eigenvalue weighted by Crippen LogP contribution is 2.28. The number of benzene rings is 2. The Kier molecular flexibility index (Phi) is 5.50. The smallest absolute Gasteiger partial charge is 0.161 e. The molecule has 0 aliphatic heterocycles. The van der Waals surface area contributed by atoms with Crippen molar-refractivity contribution in [2.45, 2.75) is 20.3 Å². The molecule has 0 spiro atoms. The van der Waals surface area contributed by atoms with Crippen LogP contribution < -0.4 is 14.8 Å². The Balaban J connectivity index is 1.86. The highest BCUT2D eigenvalue weighted by atomic mass is 16.5. The summed E-state index contributed by atoms with van der Waals surface area (Å²) in [7, 11) is 1.67. The SMILES string of the molecule is CCc1ccc(OCCNc2cccc(C)c2)c(OC)c1. The zero-order chi connectivity index (χ0) is 15.1. The van der Waals surface area contributed by atoms with Gasteiger partial charge in [-0.25, -0.2) is 0 Å². The molecule has 0 heterocycles. The van der Waals surface area contributed by atoms with E-state index in [0.29, 0.717) is 6.61 Å². The van der Waals surface area contributed by atoms with Gasteiger partial charge < -0.3 is 14.8 Å². The summed E-state index contributed by atoms with van der Waals surface area (Å²) >= 11 is 0. The van der Waals surface area contributed by atoms with Crippen LogP contribution >= 0.6 is 0 Å². The summed E-state index contributed by atoms with van der Waals surface area (Å²) in [5.41, 5.74) is 3.61. The van der Waals surface area contributed by atoms with Crippen molar-refractivity contribution in [3.8, 4) is 11.5 Å². The molecule has 0 atom stereocenters. The van der Waals surface area contributed by atoms with Crippen LogP contribution in [0.3, 0.4) is 0 Å². The molecule has 2 aromatic rings. The molecule has 3 nitrogen and oxygen atoms in total. The summed E-state index contributed by atoms with van der Waals surface area (Å²) in [5.74, 6) is 1.59. The average molecular weight is 285 g/mol. The van der Waals surface area contributed by atoms with Crippen LogP contribution in [0.1, 0.15) is 18.1 Å². The third-order valence-corrected chi connectivity index (χ3v) is 3.34. The number of ether oxygens (including phenoxy) is 2. The van der Waals surface area contributed by atoms with E-state index >= 15 is 0 Å². The number of nitrogens with one attached hydrogen (secondary N) is 1. The van der Waals surface area contributed by atoms with Gasteiger partial charge in [0, 0.05) is 12.2 Å². The molecule has 0 aromatic heterocycles. The lowest BCUT2D eigenvalue weighted by molar-refractivity contribution is 0.305. The minimum absolute atomic E-state index is 0.593. The van der Waals surface area contributed by atoms with Crippen LogP contribution in [-0.4, -0.2) is 20.3 Å². The number of anilines is 1. The first-order chi connectivity index (χ1) is 10.2. The van der Waals surface area contributed by atoms with Gasteiger partial charge in [0.2, 0.25) is 0 Å². The standard InChI is InChI=1S/C18H23NO2/c1-4-15-8-9-17(18(13-15)20-3)21-11-10-19-16-7-5-6-14(2)12-16/h5-9,12-13,19H,4,10-11H2,1-3H3. The fourth-order valence-electron chi connectivity index (χ4n) is 2.16. The molecule has 0 bridgehead atoms. The van der Waals surface area contributed by atoms with E-state index in [9.17, 15) is 0 Å². The monoisotopic (exact) mass is 285 g/mol. The molecule has 0 amide bonds. The van der Waals surface area contributed by atoms with Crippen molar-refractivity contribution in [1.82, 2.24) is 0 Å². The van der Waals surface area contributed by atoms with Crippen molar-refractivity contribution in [1.29, 1.82) is 0 Å². The second-order valence-corrected chi connectivity index (χ2v) is 4.98. The van der Waals surface area contributed by atoms with Crippen LogP contribution in [0.25, 0.3) is 0 Å². The predicted octanol–water partition coefficient (Wildman–Crippen LogP) is 4.06. The van der Waals surface area contributed by atoms with Gasteiger partial charge in [-0.1, -0.05) is 25.1 Å². The van der Waals surface area contributed by atoms with Crippen molar-refractivity contribution in [3.63, 3.8) is 0 Å². The third kappa shape index (κ3) is 4.42. The Hall–Kier alpha value is -2.16. The lowest BCUT2D eigenvalue weighted by Gasteiger charge is -2.13. The Bertz CT molecular complexity index is 581. The lowest BCUT2D eigenvalue weighted by Crippen LogP contribution is -2.12. The van der Waals surface area contributed by atoms with Crippen molar-refractivity contribution < 1.29 is 9.47 Å². The Labute approximate surface area is 126 Å². The normalized spacial score (nSPS) is 10.2. The second-order valence-electron chi connectivity index (χ2n) is 4.98. The van der Waals surface area contributed by atoms with Gasteiger partial charge in [-0.15, -0.1) is 0 Å². The minimum Gasteiger partial charge on any atom is -0.493 e. The zero-order valence-electron chi connectivity index (χ0n) is 13.0. The fraction of sp³-hybridized carbons (Fsp3) is 0.333. The van der Waals surface area contributed by atoms with Gasteiger partial charge >= 0.3 is 0 Å². The maximum Gasteiger partial charge on any atom is 0.161 e. The Morgan fingerprint density at radius 1 is 1.05 bits per heavy atom. The van der Waals surface area contributed by atoms with Gasteiger partial charge in [0.15, 0.2) is 11.5 Å². The largest absolute Gasteiger partial charge is 0.493 e. The van der Waals surface area contributed by atoms with E-state index in [-0.39, 0.29) is 0 Å². The average Bonchev–Trinajstić information content (AvgIpc) is 2.51. The number of hydrogen-bond acceptors (Lipinski definition) is 3. The van der Waals surface area contributed by atoms with Crippen molar-refractivity contribution in [2.24, 2.45) is 0 Å². The molecule has 0 aliphatic rings. The molecule has 0 saturated carbocycles. The lowest BCUT2D eigenvalue weighted by atomic mass is 10.1. The molecule has 0 aliphatic carbocycles. The molecule has 1 N–H and O–H groups in total. The van der Waals surface area contributed by atoms with Crippen LogP contribution in [0.5, 0.6) is 11.5 Å². The van der Waals surface area contributed by atoms with Gasteiger partial charge in [-0.2, -0.15) is 0 Å². The topological polar surface area (TPSA) is 30.5 Å². The zero-order valence-corrected chi connectivity index (χ0v) is 13.0. The summed E-state index contributed by atoms with van der Waals surface area (Å²) in [4.78, 5) is 0. The Morgan fingerprint density at radius 2 is 1.90 bits per heavy atom. The molecule has 112 valence electrons. The fourth-order valence-corrected chi connectivity index (χ4v) is 2.16. The summed E-state index contributed by atoms with van der Waals surface area (Å²) in [5, 5.41) is 3.35. The maximum absolute atomic E-state index is 5.79. The first kappa shape index (κ1) is 15.2. The van der Waals surface area contributed by atoms with Gasteiger partial charge in [-0.3, -0.25) is 0 Å². The van der Waals surface area contributed by atoms with E-state index in [2.05, 4.69) is 43.4 Å². The van der Waals surface area contributed by atoms with Crippen LogP contribution in [-0.2, 0) is 6.42 Å². The number of rotatable bonds is 7. The van der Waals surface area contributed by atoms with Gasteiger partial charge in [0.25, 0.3) is 0 Å². The summed E-state index contributed by atoms with van der Waals surface area (Å²) < 4.78 is 11.2. The van der Waals surface area contributed by atoms with Crippen molar-refractivity contribution in [3.05, 3.63) is 53.6 Å². The summed E-state index contributed by atoms with van der Waals surface area (Å²) in [6, 6.07) is 14.4. The molecular weight excluding hydrogens is 262 g/mol. The molecule has 0 unspecified atom stereocenters. The van der Waals surface area contributed by atoms with Crippen LogP contribution in [0.2, 0.25) is 0 Å². The summed E-state index contributed by atoms with van der Waals surface area (Å²) in [6.07, 6.45) is 0.992. The van der Waals surface area contributed by atoms with E-state index in [1.165, 1.54) is 11.1 Å². The van der Waals surface area contributed by atoms with Gasteiger partial charge in [0.05, 0.1) is 7.11 Å². The minimum atomic E-state index is 0.593. The molecule has 3 heteroatoms. The van der Waals surface area contributed by atoms with Crippen LogP contribution in [0.4, 0.5) is 5.69 Å². The van der Waals surface area contributed by atoms with E-state index in [1.54, 1.807) is 7.11 Å².